The van der Waals surface area contributed by atoms with Crippen molar-refractivity contribution in [2.45, 2.75) is 75.7 Å². The highest BCUT2D eigenvalue weighted by atomic mass is 19.1. The molecule has 0 aromatic heterocycles. The third-order valence-electron chi connectivity index (χ3n) is 12.5. The molecule has 10 nitrogen and oxygen atoms in total. The molecule has 6 atom stereocenters. The van der Waals surface area contributed by atoms with Gasteiger partial charge in [0.2, 0.25) is 5.79 Å². The van der Waals surface area contributed by atoms with Gasteiger partial charge in [0.15, 0.2) is 0 Å². The molecule has 6 unspecified atom stereocenters. The predicted octanol–water partition coefficient (Wildman–Crippen LogP) is 10.8. The van der Waals surface area contributed by atoms with Crippen LogP contribution in [0.4, 0.5) is 9.18 Å². The fourth-order valence-electron chi connectivity index (χ4n) is 9.71. The van der Waals surface area contributed by atoms with Crippen molar-refractivity contribution < 1.29 is 43.2 Å². The SMILES string of the molecule is C=CCCOC(=O)N(Cc1ccc(F)cc1)C1CC(=NOC)C2=CC(CCCCO)C(CCCCO)C3c4cc(Oc5ccc(-c6ccccc6)cc5)ccc4OC1(OCC=C)C23. The third kappa shape index (κ3) is 10.2. The normalized spacial score (nSPS) is 22.8. The van der Waals surface area contributed by atoms with E-state index in [1.54, 1.807) is 29.2 Å². The van der Waals surface area contributed by atoms with Crippen LogP contribution in [0.15, 0.2) is 139 Å². The van der Waals surface area contributed by atoms with Crippen LogP contribution in [0, 0.1) is 23.6 Å². The van der Waals surface area contributed by atoms with Gasteiger partial charge in [0.1, 0.15) is 36.2 Å². The molecule has 3 aliphatic rings. The Hall–Kier alpha value is -5.75. The average molecular weight is 859 g/mol. The Kier molecular flexibility index (Phi) is 15.5. The van der Waals surface area contributed by atoms with Gasteiger partial charge < -0.3 is 34.0 Å². The van der Waals surface area contributed by atoms with E-state index in [1.165, 1.54) is 19.2 Å². The maximum absolute atomic E-state index is 14.5. The second-order valence-corrected chi connectivity index (χ2v) is 16.4. The number of nitrogens with zero attached hydrogens (tertiary/aromatic N) is 2. The molecule has 63 heavy (non-hydrogen) atoms. The Labute approximate surface area is 370 Å². The molecule has 11 heteroatoms. The summed E-state index contributed by atoms with van der Waals surface area (Å²) >= 11 is 0. The van der Waals surface area contributed by atoms with Gasteiger partial charge >= 0.3 is 6.09 Å². The van der Waals surface area contributed by atoms with Gasteiger partial charge in [-0.2, -0.15) is 0 Å². The number of carbonyl (C=O) groups excluding carboxylic acids is 1. The molecule has 2 N–H and O–H groups in total. The Balaban J connectivity index is 1.40. The van der Waals surface area contributed by atoms with Crippen molar-refractivity contribution in [2.75, 3.05) is 33.5 Å². The number of benzene rings is 4. The van der Waals surface area contributed by atoms with Crippen molar-refractivity contribution >= 4 is 11.8 Å². The Morgan fingerprint density at radius 3 is 2.32 bits per heavy atom. The zero-order valence-corrected chi connectivity index (χ0v) is 36.1. The number of ether oxygens (including phenoxy) is 4. The first-order valence-corrected chi connectivity index (χ1v) is 22.1. The van der Waals surface area contributed by atoms with Gasteiger partial charge in [0.05, 0.1) is 24.8 Å². The van der Waals surface area contributed by atoms with Crippen LogP contribution in [-0.4, -0.2) is 72.3 Å². The molecule has 7 rings (SSSR count). The molecular formula is C52H59FN2O8. The third-order valence-corrected chi connectivity index (χ3v) is 12.5. The van der Waals surface area contributed by atoms with Crippen molar-refractivity contribution in [3.05, 3.63) is 151 Å². The van der Waals surface area contributed by atoms with E-state index in [1.807, 2.05) is 54.6 Å². The van der Waals surface area contributed by atoms with Gasteiger partial charge in [-0.25, -0.2) is 9.18 Å². The molecule has 1 amide bonds. The van der Waals surface area contributed by atoms with E-state index >= 15 is 0 Å². The summed E-state index contributed by atoms with van der Waals surface area (Å²) in [6.45, 7) is 8.25. The highest BCUT2D eigenvalue weighted by Crippen LogP contribution is 2.62. The molecule has 4 aromatic carbocycles. The summed E-state index contributed by atoms with van der Waals surface area (Å²) in [6.07, 6.45) is 10.2. The summed E-state index contributed by atoms with van der Waals surface area (Å²) in [5.41, 5.74) is 5.36. The minimum atomic E-state index is -1.50. The lowest BCUT2D eigenvalue weighted by molar-refractivity contribution is -0.256. The number of halogens is 1. The molecule has 332 valence electrons. The van der Waals surface area contributed by atoms with Gasteiger partial charge in [-0.15, -0.1) is 13.2 Å². The average Bonchev–Trinajstić information content (AvgIpc) is 3.30. The Morgan fingerprint density at radius 2 is 1.62 bits per heavy atom. The van der Waals surface area contributed by atoms with Crippen molar-refractivity contribution in [2.24, 2.45) is 22.9 Å². The van der Waals surface area contributed by atoms with Gasteiger partial charge in [0.25, 0.3) is 0 Å². The minimum Gasteiger partial charge on any atom is -0.459 e. The van der Waals surface area contributed by atoms with Gasteiger partial charge in [-0.05, 0) is 109 Å². The molecule has 1 fully saturated rings. The van der Waals surface area contributed by atoms with E-state index < -0.39 is 29.7 Å². The minimum absolute atomic E-state index is 0.0198. The predicted molar refractivity (Wildman–Crippen MR) is 242 cm³/mol. The standard InChI is InChI=1S/C52H59FN2O8/c1-4-6-31-60-51(58)55(35-36-18-22-40(53)23-19-36)48-34-46(54-59-3)44-32-39(16-10-12-28-56)43(17-11-13-29-57)49-45-33-42(26-27-47(45)63-52(48,50(44)49)61-30-5-2)62-41-24-20-38(21-25-41)37-14-8-7-9-15-37/h4-5,7-9,14-15,18-27,32-33,39,43,48-50,56-57H,1-2,6,10-13,16-17,28-31,34-35H2,3H3. The summed E-state index contributed by atoms with van der Waals surface area (Å²) in [4.78, 5) is 21.7. The van der Waals surface area contributed by atoms with Crippen LogP contribution in [0.2, 0.25) is 0 Å². The summed E-state index contributed by atoms with van der Waals surface area (Å²) in [5, 5.41) is 24.5. The van der Waals surface area contributed by atoms with E-state index in [0.29, 0.717) is 47.8 Å². The second kappa shape index (κ2) is 21.6. The van der Waals surface area contributed by atoms with Crippen LogP contribution in [0.25, 0.3) is 11.1 Å². The molecule has 0 saturated heterocycles. The topological polar surface area (TPSA) is 119 Å². The van der Waals surface area contributed by atoms with Crippen LogP contribution in [0.5, 0.6) is 17.2 Å². The number of oxime groups is 1. The molecular weight excluding hydrogens is 800 g/mol. The Bertz CT molecular complexity index is 2210. The quantitative estimate of drug-likeness (QED) is 0.0483. The first-order valence-electron chi connectivity index (χ1n) is 22.1. The monoisotopic (exact) mass is 858 g/mol. The van der Waals surface area contributed by atoms with Crippen LogP contribution in [0.3, 0.4) is 0 Å². The largest absolute Gasteiger partial charge is 0.459 e. The lowest BCUT2D eigenvalue weighted by Gasteiger charge is -2.59. The van der Waals surface area contributed by atoms with E-state index in [0.717, 1.165) is 47.9 Å². The van der Waals surface area contributed by atoms with Crippen molar-refractivity contribution in [3.8, 4) is 28.4 Å². The van der Waals surface area contributed by atoms with E-state index in [2.05, 4.69) is 42.6 Å². The fraction of sp³-hybridized carbons (Fsp3) is 0.385. The highest BCUT2D eigenvalue weighted by Gasteiger charge is 2.65. The number of aliphatic hydroxyl groups excluding tert-OH is 2. The van der Waals surface area contributed by atoms with Crippen LogP contribution in [0.1, 0.15) is 68.4 Å². The van der Waals surface area contributed by atoms with Crippen molar-refractivity contribution in [1.82, 2.24) is 4.90 Å². The highest BCUT2D eigenvalue weighted by molar-refractivity contribution is 6.03. The van der Waals surface area contributed by atoms with Crippen molar-refractivity contribution in [1.29, 1.82) is 0 Å². The first kappa shape index (κ1) is 45.3. The van der Waals surface area contributed by atoms with E-state index in [9.17, 15) is 19.4 Å². The van der Waals surface area contributed by atoms with Gasteiger partial charge in [-0.3, -0.25) is 4.90 Å². The first-order chi connectivity index (χ1) is 30.8. The summed E-state index contributed by atoms with van der Waals surface area (Å²) in [7, 11) is 1.51. The maximum atomic E-state index is 14.5. The number of hydrogen-bond acceptors (Lipinski definition) is 9. The summed E-state index contributed by atoms with van der Waals surface area (Å²) in [5.74, 6) is -0.687. The number of unbranched alkanes of at least 4 members (excludes halogenated alkanes) is 2. The number of allylic oxidation sites excluding steroid dienone is 1. The summed E-state index contributed by atoms with van der Waals surface area (Å²) in [6, 6.07) is 29.3. The number of aliphatic hydroxyl groups is 2. The van der Waals surface area contributed by atoms with Crippen LogP contribution >= 0.6 is 0 Å². The second-order valence-electron chi connectivity index (χ2n) is 16.4. The van der Waals surface area contributed by atoms with Gasteiger partial charge in [0, 0.05) is 37.7 Å². The molecule has 0 bridgehead atoms. The number of fused-ring (bicyclic) bond motifs is 2. The maximum Gasteiger partial charge on any atom is 0.410 e. The molecule has 0 spiro atoms. The number of rotatable bonds is 21. The van der Waals surface area contributed by atoms with Crippen LogP contribution < -0.4 is 9.47 Å². The molecule has 0 radical (unpaired) electrons. The van der Waals surface area contributed by atoms with Gasteiger partial charge in [-0.1, -0.05) is 90.8 Å². The molecule has 1 saturated carbocycles. The lowest BCUT2D eigenvalue weighted by Crippen LogP contribution is -2.70. The number of hydrogen-bond donors (Lipinski definition) is 2. The summed E-state index contributed by atoms with van der Waals surface area (Å²) < 4.78 is 41.1. The molecule has 1 aliphatic heterocycles. The van der Waals surface area contributed by atoms with E-state index in [4.69, 9.17) is 23.8 Å². The van der Waals surface area contributed by atoms with Crippen molar-refractivity contribution in [3.63, 3.8) is 0 Å². The zero-order chi connectivity index (χ0) is 44.2. The van der Waals surface area contributed by atoms with Crippen LogP contribution in [-0.2, 0) is 20.9 Å². The lowest BCUT2D eigenvalue weighted by atomic mass is 9.55. The number of carbonyl (C=O) groups is 1. The zero-order valence-electron chi connectivity index (χ0n) is 36.1. The smallest absolute Gasteiger partial charge is 0.410 e. The number of amides is 1. The Morgan fingerprint density at radius 1 is 0.905 bits per heavy atom. The molecule has 2 aliphatic carbocycles. The molecule has 1 heterocycles. The van der Waals surface area contributed by atoms with E-state index in [-0.39, 0.29) is 57.1 Å². The molecule has 4 aromatic rings. The fourth-order valence-corrected chi connectivity index (χ4v) is 9.71.